The molecule has 0 aromatic heterocycles. The molecule has 92 valence electrons. The van der Waals surface area contributed by atoms with E-state index in [1.165, 1.54) is 0 Å². The zero-order chi connectivity index (χ0) is 11.9. The van der Waals surface area contributed by atoms with Crippen molar-refractivity contribution in [1.82, 2.24) is 10.2 Å². The number of likely N-dealkylation sites (N-methyl/N-ethyl adjacent to an activating group) is 1. The fourth-order valence-electron chi connectivity index (χ4n) is 1.41. The normalized spacial score (nSPS) is 14.6. The lowest BCUT2D eigenvalue weighted by molar-refractivity contribution is 0.140. The molecule has 0 amide bonds. The first-order valence-corrected chi connectivity index (χ1v) is 5.79. The van der Waals surface area contributed by atoms with Crippen LogP contribution in [-0.4, -0.2) is 51.3 Å². The summed E-state index contributed by atoms with van der Waals surface area (Å²) in [7, 11) is 3.92. The average Bonchev–Trinajstić information content (AvgIpc) is 2.14. The molecule has 0 rings (SSSR count). The lowest BCUT2D eigenvalue weighted by Crippen LogP contribution is -2.42. The summed E-state index contributed by atoms with van der Waals surface area (Å²) in [5.74, 6) is 0. The summed E-state index contributed by atoms with van der Waals surface area (Å²) in [4.78, 5) is 2.40. The van der Waals surface area contributed by atoms with Crippen LogP contribution in [0.3, 0.4) is 0 Å². The number of methoxy groups -OCH3 is 1. The smallest absolute Gasteiger partial charge is 0.0587 e. The minimum absolute atomic E-state index is 0.348. The molecule has 1 unspecified atom stereocenters. The first-order valence-electron chi connectivity index (χ1n) is 5.79. The van der Waals surface area contributed by atoms with E-state index in [9.17, 15) is 0 Å². The molecule has 0 aliphatic carbocycles. The maximum atomic E-state index is 4.97. The van der Waals surface area contributed by atoms with Gasteiger partial charge in [-0.3, -0.25) is 0 Å². The molecule has 0 radical (unpaired) electrons. The zero-order valence-corrected chi connectivity index (χ0v) is 11.3. The monoisotopic (exact) mass is 216 g/mol. The molecule has 0 saturated heterocycles. The van der Waals surface area contributed by atoms with E-state index in [2.05, 4.69) is 45.0 Å². The van der Waals surface area contributed by atoms with Crippen LogP contribution < -0.4 is 5.32 Å². The molecule has 0 aromatic rings. The average molecular weight is 216 g/mol. The summed E-state index contributed by atoms with van der Waals surface area (Å²) < 4.78 is 4.97. The second-order valence-corrected chi connectivity index (χ2v) is 5.27. The number of nitrogens with one attached hydrogen (secondary N) is 1. The Balaban J connectivity index is 3.60. The molecule has 0 heterocycles. The molecule has 0 spiro atoms. The van der Waals surface area contributed by atoms with E-state index < -0.39 is 0 Å². The summed E-state index contributed by atoms with van der Waals surface area (Å²) in [5, 5.41) is 3.36. The van der Waals surface area contributed by atoms with Crippen LogP contribution in [0.15, 0.2) is 0 Å². The molecule has 0 saturated carbocycles. The van der Waals surface area contributed by atoms with E-state index in [0.29, 0.717) is 11.5 Å². The van der Waals surface area contributed by atoms with Crippen molar-refractivity contribution in [3.05, 3.63) is 0 Å². The molecular weight excluding hydrogens is 188 g/mol. The van der Waals surface area contributed by atoms with Crippen LogP contribution in [0, 0.1) is 5.41 Å². The van der Waals surface area contributed by atoms with Gasteiger partial charge in [-0.25, -0.2) is 0 Å². The van der Waals surface area contributed by atoms with Gasteiger partial charge >= 0.3 is 0 Å². The van der Waals surface area contributed by atoms with Gasteiger partial charge in [0.2, 0.25) is 0 Å². The van der Waals surface area contributed by atoms with Gasteiger partial charge in [0.1, 0.15) is 0 Å². The van der Waals surface area contributed by atoms with Gasteiger partial charge in [-0.1, -0.05) is 20.8 Å². The maximum absolute atomic E-state index is 4.97. The van der Waals surface area contributed by atoms with Crippen LogP contribution in [0.5, 0.6) is 0 Å². The third kappa shape index (κ3) is 6.88. The standard InChI is InChI=1S/C12H28N2O/c1-11(12(2,3)4)14(5)9-7-13-8-10-15-6/h11,13H,7-10H2,1-6H3. The Labute approximate surface area is 95.2 Å². The van der Waals surface area contributed by atoms with Crippen LogP contribution in [0.25, 0.3) is 0 Å². The van der Waals surface area contributed by atoms with Crippen molar-refractivity contribution in [2.24, 2.45) is 5.41 Å². The highest BCUT2D eigenvalue weighted by Gasteiger charge is 2.23. The molecular formula is C12H28N2O. The third-order valence-corrected chi connectivity index (χ3v) is 3.04. The van der Waals surface area contributed by atoms with Crippen molar-refractivity contribution in [3.8, 4) is 0 Å². The lowest BCUT2D eigenvalue weighted by atomic mass is 9.87. The van der Waals surface area contributed by atoms with Crippen LogP contribution >= 0.6 is 0 Å². The predicted molar refractivity (Wildman–Crippen MR) is 66.3 cm³/mol. The highest BCUT2D eigenvalue weighted by molar-refractivity contribution is 4.77. The topological polar surface area (TPSA) is 24.5 Å². The molecule has 3 nitrogen and oxygen atoms in total. The first kappa shape index (κ1) is 14.9. The SMILES string of the molecule is COCCNCCN(C)C(C)C(C)(C)C. The molecule has 0 aliphatic rings. The van der Waals surface area contributed by atoms with Crippen LogP contribution in [-0.2, 0) is 4.74 Å². The molecule has 0 aromatic carbocycles. The minimum Gasteiger partial charge on any atom is -0.383 e. The highest BCUT2D eigenvalue weighted by atomic mass is 16.5. The number of ether oxygens (including phenoxy) is 1. The van der Waals surface area contributed by atoms with Crippen molar-refractivity contribution in [1.29, 1.82) is 0 Å². The number of nitrogens with zero attached hydrogens (tertiary/aromatic N) is 1. The molecule has 0 fully saturated rings. The predicted octanol–water partition coefficient (Wildman–Crippen LogP) is 1.59. The van der Waals surface area contributed by atoms with Gasteiger partial charge < -0.3 is 15.0 Å². The minimum atomic E-state index is 0.348. The van der Waals surface area contributed by atoms with Crippen molar-refractivity contribution >= 4 is 0 Å². The quantitative estimate of drug-likeness (QED) is 0.654. The molecule has 0 aliphatic heterocycles. The van der Waals surface area contributed by atoms with Crippen LogP contribution in [0.4, 0.5) is 0 Å². The van der Waals surface area contributed by atoms with E-state index in [-0.39, 0.29) is 0 Å². The fourth-order valence-corrected chi connectivity index (χ4v) is 1.41. The Morgan fingerprint density at radius 1 is 1.27 bits per heavy atom. The van der Waals surface area contributed by atoms with E-state index in [4.69, 9.17) is 4.74 Å². The van der Waals surface area contributed by atoms with Crippen molar-refractivity contribution in [2.75, 3.05) is 40.4 Å². The van der Waals surface area contributed by atoms with Crippen LogP contribution in [0.1, 0.15) is 27.7 Å². The van der Waals surface area contributed by atoms with Gasteiger partial charge in [0.25, 0.3) is 0 Å². The summed E-state index contributed by atoms with van der Waals surface area (Å²) >= 11 is 0. The summed E-state index contributed by atoms with van der Waals surface area (Å²) in [6, 6.07) is 0.599. The lowest BCUT2D eigenvalue weighted by Gasteiger charge is -2.35. The van der Waals surface area contributed by atoms with Gasteiger partial charge in [0, 0.05) is 32.8 Å². The number of hydrogen-bond donors (Lipinski definition) is 1. The van der Waals surface area contributed by atoms with E-state index in [1.54, 1.807) is 7.11 Å². The molecule has 3 heteroatoms. The van der Waals surface area contributed by atoms with E-state index in [1.807, 2.05) is 0 Å². The third-order valence-electron chi connectivity index (χ3n) is 3.04. The molecule has 15 heavy (non-hydrogen) atoms. The van der Waals surface area contributed by atoms with E-state index >= 15 is 0 Å². The maximum Gasteiger partial charge on any atom is 0.0587 e. The van der Waals surface area contributed by atoms with Gasteiger partial charge in [-0.05, 0) is 19.4 Å². The van der Waals surface area contributed by atoms with Gasteiger partial charge in [0.05, 0.1) is 6.61 Å². The van der Waals surface area contributed by atoms with Gasteiger partial charge in [-0.15, -0.1) is 0 Å². The summed E-state index contributed by atoms with van der Waals surface area (Å²) in [5.41, 5.74) is 0.348. The van der Waals surface area contributed by atoms with E-state index in [0.717, 1.165) is 26.2 Å². The number of hydrogen-bond acceptors (Lipinski definition) is 3. The Bertz CT molecular complexity index is 154. The molecule has 0 bridgehead atoms. The number of rotatable bonds is 7. The summed E-state index contributed by atoms with van der Waals surface area (Å²) in [6.45, 7) is 13.0. The Morgan fingerprint density at radius 2 is 1.87 bits per heavy atom. The zero-order valence-electron chi connectivity index (χ0n) is 11.3. The largest absolute Gasteiger partial charge is 0.383 e. The van der Waals surface area contributed by atoms with Crippen molar-refractivity contribution in [3.63, 3.8) is 0 Å². The van der Waals surface area contributed by atoms with Gasteiger partial charge in [-0.2, -0.15) is 0 Å². The Morgan fingerprint density at radius 3 is 2.33 bits per heavy atom. The van der Waals surface area contributed by atoms with Crippen molar-refractivity contribution in [2.45, 2.75) is 33.7 Å². The Hall–Kier alpha value is -0.120. The summed E-state index contributed by atoms with van der Waals surface area (Å²) in [6.07, 6.45) is 0. The second kappa shape index (κ2) is 7.20. The van der Waals surface area contributed by atoms with Crippen LogP contribution in [0.2, 0.25) is 0 Å². The van der Waals surface area contributed by atoms with Crippen molar-refractivity contribution < 1.29 is 4.74 Å². The Kier molecular flexibility index (Phi) is 7.14. The fraction of sp³-hybridized carbons (Fsp3) is 1.00. The molecule has 1 atom stereocenters. The second-order valence-electron chi connectivity index (χ2n) is 5.27. The molecule has 1 N–H and O–H groups in total. The van der Waals surface area contributed by atoms with Gasteiger partial charge in [0.15, 0.2) is 0 Å². The highest BCUT2D eigenvalue weighted by Crippen LogP contribution is 2.22. The first-order chi connectivity index (χ1) is 6.89.